The first kappa shape index (κ1) is 17.0. The van der Waals surface area contributed by atoms with E-state index in [1.54, 1.807) is 11.3 Å². The molecule has 2 aromatic heterocycles. The predicted molar refractivity (Wildman–Crippen MR) is 106 cm³/mol. The Morgan fingerprint density at radius 2 is 1.85 bits per heavy atom. The molecule has 0 atom stereocenters. The molecule has 1 saturated heterocycles. The highest BCUT2D eigenvalue weighted by molar-refractivity contribution is 7.08. The summed E-state index contributed by atoms with van der Waals surface area (Å²) in [6.45, 7) is 6.98. The number of rotatable bonds is 3. The van der Waals surface area contributed by atoms with E-state index < -0.39 is 0 Å². The van der Waals surface area contributed by atoms with Gasteiger partial charge in [0, 0.05) is 48.4 Å². The normalized spacial score (nSPS) is 15.0. The summed E-state index contributed by atoms with van der Waals surface area (Å²) in [7, 11) is 0. The molecular formula is C20H22N4OS. The third kappa shape index (κ3) is 3.17. The topological polar surface area (TPSA) is 49.3 Å². The molecule has 0 aliphatic carbocycles. The molecule has 1 aliphatic heterocycles. The van der Waals surface area contributed by atoms with Crippen LogP contribution in [0.5, 0.6) is 0 Å². The van der Waals surface area contributed by atoms with E-state index in [4.69, 9.17) is 9.97 Å². The molecule has 0 saturated carbocycles. The lowest BCUT2D eigenvalue weighted by molar-refractivity contribution is -0.134. The number of piperazine rings is 1. The number of carbonyl (C=O) groups excluding carboxylic acids is 1. The summed E-state index contributed by atoms with van der Waals surface area (Å²) in [5.41, 5.74) is 2.01. The zero-order chi connectivity index (χ0) is 18.1. The molecular weight excluding hydrogens is 344 g/mol. The molecule has 0 bridgehead atoms. The molecule has 0 spiro atoms. The van der Waals surface area contributed by atoms with Crippen molar-refractivity contribution in [1.82, 2.24) is 14.9 Å². The molecule has 4 rings (SSSR count). The molecule has 26 heavy (non-hydrogen) atoms. The first-order chi connectivity index (χ1) is 12.6. The highest BCUT2D eigenvalue weighted by Gasteiger charge is 2.25. The van der Waals surface area contributed by atoms with Crippen LogP contribution in [0.2, 0.25) is 0 Å². The van der Waals surface area contributed by atoms with Crippen LogP contribution in [0.25, 0.3) is 22.3 Å². The van der Waals surface area contributed by atoms with Gasteiger partial charge in [0.2, 0.25) is 5.91 Å². The van der Waals surface area contributed by atoms with Crippen molar-refractivity contribution in [2.24, 2.45) is 5.92 Å². The van der Waals surface area contributed by atoms with Crippen LogP contribution in [0.4, 0.5) is 5.82 Å². The Bertz CT molecular complexity index is 915. The summed E-state index contributed by atoms with van der Waals surface area (Å²) in [5, 5.41) is 5.19. The van der Waals surface area contributed by atoms with Gasteiger partial charge in [0.25, 0.3) is 0 Å². The Morgan fingerprint density at radius 1 is 1.08 bits per heavy atom. The average Bonchev–Trinajstić information content (AvgIpc) is 3.21. The van der Waals surface area contributed by atoms with Crippen molar-refractivity contribution >= 4 is 34.0 Å². The lowest BCUT2D eigenvalue weighted by Gasteiger charge is -2.36. The zero-order valence-corrected chi connectivity index (χ0v) is 15.9. The number of nitrogens with zero attached hydrogens (tertiary/aromatic N) is 4. The lowest BCUT2D eigenvalue weighted by Crippen LogP contribution is -2.50. The second-order valence-electron chi connectivity index (χ2n) is 6.87. The van der Waals surface area contributed by atoms with E-state index in [0.717, 1.165) is 54.3 Å². The Hall–Kier alpha value is -2.47. The third-order valence-corrected chi connectivity index (χ3v) is 5.43. The van der Waals surface area contributed by atoms with Crippen molar-refractivity contribution in [3.63, 3.8) is 0 Å². The van der Waals surface area contributed by atoms with Crippen LogP contribution in [-0.2, 0) is 4.79 Å². The number of para-hydroxylation sites is 1. The fourth-order valence-corrected chi connectivity index (χ4v) is 3.96. The number of hydrogen-bond acceptors (Lipinski definition) is 5. The lowest BCUT2D eigenvalue weighted by atomic mass is 10.1. The van der Waals surface area contributed by atoms with Crippen LogP contribution < -0.4 is 4.90 Å². The summed E-state index contributed by atoms with van der Waals surface area (Å²) in [5.74, 6) is 2.01. The molecule has 1 amide bonds. The van der Waals surface area contributed by atoms with Gasteiger partial charge in [-0.15, -0.1) is 0 Å². The Morgan fingerprint density at radius 3 is 2.54 bits per heavy atom. The molecule has 3 heterocycles. The van der Waals surface area contributed by atoms with Gasteiger partial charge in [0.05, 0.1) is 5.52 Å². The minimum atomic E-state index is 0.0478. The van der Waals surface area contributed by atoms with Gasteiger partial charge in [-0.2, -0.15) is 11.3 Å². The van der Waals surface area contributed by atoms with Crippen molar-refractivity contribution in [1.29, 1.82) is 0 Å². The summed E-state index contributed by atoms with van der Waals surface area (Å²) in [6.07, 6.45) is 0. The molecule has 0 N–H and O–H groups in total. The van der Waals surface area contributed by atoms with Gasteiger partial charge in [-0.3, -0.25) is 4.79 Å². The molecule has 0 unspecified atom stereocenters. The number of thiophene rings is 1. The second-order valence-corrected chi connectivity index (χ2v) is 7.65. The fourth-order valence-electron chi connectivity index (χ4n) is 3.33. The number of anilines is 1. The monoisotopic (exact) mass is 366 g/mol. The summed E-state index contributed by atoms with van der Waals surface area (Å²) in [4.78, 5) is 26.1. The minimum absolute atomic E-state index is 0.0478. The van der Waals surface area contributed by atoms with Gasteiger partial charge in [0.15, 0.2) is 5.82 Å². The van der Waals surface area contributed by atoms with Crippen LogP contribution in [0.15, 0.2) is 41.1 Å². The van der Waals surface area contributed by atoms with Gasteiger partial charge in [-0.05, 0) is 23.6 Å². The van der Waals surface area contributed by atoms with Gasteiger partial charge in [0.1, 0.15) is 5.82 Å². The Labute approximate surface area is 157 Å². The first-order valence-electron chi connectivity index (χ1n) is 8.96. The van der Waals surface area contributed by atoms with Gasteiger partial charge >= 0.3 is 0 Å². The smallest absolute Gasteiger partial charge is 0.225 e. The maximum atomic E-state index is 12.2. The largest absolute Gasteiger partial charge is 0.352 e. The zero-order valence-electron chi connectivity index (χ0n) is 15.1. The van der Waals surface area contributed by atoms with Crippen molar-refractivity contribution < 1.29 is 4.79 Å². The number of fused-ring (bicyclic) bond motifs is 1. The molecule has 3 aromatic rings. The van der Waals surface area contributed by atoms with Crippen molar-refractivity contribution in [3.05, 3.63) is 41.1 Å². The molecule has 0 radical (unpaired) electrons. The Balaban J connectivity index is 1.67. The van der Waals surface area contributed by atoms with Gasteiger partial charge in [-0.1, -0.05) is 26.0 Å². The van der Waals surface area contributed by atoms with Gasteiger partial charge < -0.3 is 9.80 Å². The van der Waals surface area contributed by atoms with E-state index in [2.05, 4.69) is 22.4 Å². The second kappa shape index (κ2) is 7.03. The summed E-state index contributed by atoms with van der Waals surface area (Å²) >= 11 is 1.65. The minimum Gasteiger partial charge on any atom is -0.352 e. The fraction of sp³-hybridized carbons (Fsp3) is 0.350. The molecule has 5 nitrogen and oxygen atoms in total. The molecule has 1 aliphatic rings. The van der Waals surface area contributed by atoms with Crippen LogP contribution in [0, 0.1) is 5.92 Å². The average molecular weight is 366 g/mol. The number of carbonyl (C=O) groups is 1. The first-order valence-corrected chi connectivity index (χ1v) is 9.91. The summed E-state index contributed by atoms with van der Waals surface area (Å²) < 4.78 is 0. The molecule has 134 valence electrons. The van der Waals surface area contributed by atoms with Crippen molar-refractivity contribution in [3.8, 4) is 11.4 Å². The summed E-state index contributed by atoms with van der Waals surface area (Å²) in [6, 6.07) is 10.2. The van der Waals surface area contributed by atoms with E-state index in [9.17, 15) is 4.79 Å². The predicted octanol–water partition coefficient (Wildman–Crippen LogP) is 3.66. The number of benzene rings is 1. The number of hydrogen-bond donors (Lipinski definition) is 0. The van der Waals surface area contributed by atoms with Crippen LogP contribution in [0.3, 0.4) is 0 Å². The van der Waals surface area contributed by atoms with E-state index in [0.29, 0.717) is 0 Å². The number of aromatic nitrogens is 2. The molecule has 1 aromatic carbocycles. The van der Waals surface area contributed by atoms with E-state index in [1.165, 1.54) is 0 Å². The van der Waals surface area contributed by atoms with Crippen LogP contribution in [0.1, 0.15) is 13.8 Å². The van der Waals surface area contributed by atoms with E-state index in [1.807, 2.05) is 42.3 Å². The molecule has 6 heteroatoms. The van der Waals surface area contributed by atoms with Crippen molar-refractivity contribution in [2.45, 2.75) is 13.8 Å². The van der Waals surface area contributed by atoms with Gasteiger partial charge in [-0.25, -0.2) is 9.97 Å². The standard InChI is InChI=1S/C20H22N4OS/c1-14(2)20(25)24-10-8-23(9-11-24)19-16-5-3-4-6-17(16)21-18(22-19)15-7-12-26-13-15/h3-7,12-14H,8-11H2,1-2H3. The highest BCUT2D eigenvalue weighted by Crippen LogP contribution is 2.29. The van der Waals surface area contributed by atoms with Crippen LogP contribution >= 0.6 is 11.3 Å². The molecule has 1 fully saturated rings. The highest BCUT2D eigenvalue weighted by atomic mass is 32.1. The SMILES string of the molecule is CC(C)C(=O)N1CCN(c2nc(-c3ccsc3)nc3ccccc23)CC1. The Kier molecular flexibility index (Phi) is 4.59. The maximum Gasteiger partial charge on any atom is 0.225 e. The van der Waals surface area contributed by atoms with Crippen LogP contribution in [-0.4, -0.2) is 47.0 Å². The number of amides is 1. The van der Waals surface area contributed by atoms with E-state index in [-0.39, 0.29) is 11.8 Å². The quantitative estimate of drug-likeness (QED) is 0.710. The maximum absolute atomic E-state index is 12.2. The third-order valence-electron chi connectivity index (χ3n) is 4.75. The van der Waals surface area contributed by atoms with E-state index >= 15 is 0 Å². The van der Waals surface area contributed by atoms with Crippen molar-refractivity contribution in [2.75, 3.05) is 31.1 Å².